The summed E-state index contributed by atoms with van der Waals surface area (Å²) in [6.07, 6.45) is 2.41. The molecule has 3 heterocycles. The highest BCUT2D eigenvalue weighted by Crippen LogP contribution is 2.22. The molecule has 3 rings (SSSR count). The van der Waals surface area contributed by atoms with Gasteiger partial charge in [-0.2, -0.15) is 0 Å². The van der Waals surface area contributed by atoms with Gasteiger partial charge >= 0.3 is 0 Å². The smallest absolute Gasteiger partial charge is 0.225 e. The lowest BCUT2D eigenvalue weighted by atomic mass is 9.98. The van der Waals surface area contributed by atoms with Gasteiger partial charge in [0.1, 0.15) is 0 Å². The summed E-state index contributed by atoms with van der Waals surface area (Å²) in [5.41, 5.74) is 0. The molecule has 3 fully saturated rings. The molecule has 3 aliphatic heterocycles. The van der Waals surface area contributed by atoms with Crippen molar-refractivity contribution in [1.29, 1.82) is 0 Å². The first-order valence-electron chi connectivity index (χ1n) is 7.86. The second-order valence-electron chi connectivity index (χ2n) is 6.30. The maximum atomic E-state index is 12.4. The van der Waals surface area contributed by atoms with Crippen molar-refractivity contribution >= 4 is 15.7 Å². The third-order valence-electron chi connectivity index (χ3n) is 4.92. The second-order valence-corrected chi connectivity index (χ2v) is 8.53. The predicted molar refractivity (Wildman–Crippen MR) is 78.8 cm³/mol. The quantitative estimate of drug-likeness (QED) is 0.702. The molecular formula is C14H24N2O4S. The van der Waals surface area contributed by atoms with Gasteiger partial charge in [-0.05, 0) is 19.3 Å². The summed E-state index contributed by atoms with van der Waals surface area (Å²) in [6.45, 7) is 4.44. The zero-order valence-corrected chi connectivity index (χ0v) is 13.2. The fourth-order valence-electron chi connectivity index (χ4n) is 3.57. The number of amides is 1. The molecule has 0 radical (unpaired) electrons. The highest BCUT2D eigenvalue weighted by Gasteiger charge is 2.35. The third-order valence-corrected chi connectivity index (χ3v) is 6.67. The summed E-state index contributed by atoms with van der Waals surface area (Å²) in [5.74, 6) is 0.994. The molecule has 1 atom stereocenters. The van der Waals surface area contributed by atoms with Crippen molar-refractivity contribution < 1.29 is 17.9 Å². The summed E-state index contributed by atoms with van der Waals surface area (Å²) in [6, 6.07) is 0.162. The van der Waals surface area contributed by atoms with Crippen LogP contribution in [0.25, 0.3) is 0 Å². The minimum Gasteiger partial charge on any atom is -0.381 e. The van der Waals surface area contributed by atoms with Gasteiger partial charge in [-0.1, -0.05) is 0 Å². The Bertz CT molecular complexity index is 479. The molecule has 0 saturated carbocycles. The Balaban J connectivity index is 1.49. The summed E-state index contributed by atoms with van der Waals surface area (Å²) >= 11 is 0. The SMILES string of the molecule is O=C(C1CCOCC1)N1CCN(C2CCS(=O)(=O)C2)CC1. The molecule has 1 amide bonds. The molecular weight excluding hydrogens is 292 g/mol. The van der Waals surface area contributed by atoms with E-state index in [1.807, 2.05) is 4.90 Å². The lowest BCUT2D eigenvalue weighted by Gasteiger charge is -2.39. The van der Waals surface area contributed by atoms with Crippen LogP contribution in [-0.2, 0) is 19.4 Å². The number of hydrogen-bond acceptors (Lipinski definition) is 5. The van der Waals surface area contributed by atoms with E-state index in [1.54, 1.807) is 0 Å². The summed E-state index contributed by atoms with van der Waals surface area (Å²) < 4.78 is 28.4. The zero-order chi connectivity index (χ0) is 14.9. The van der Waals surface area contributed by atoms with Crippen LogP contribution in [0.2, 0.25) is 0 Å². The van der Waals surface area contributed by atoms with Gasteiger partial charge in [0.05, 0.1) is 11.5 Å². The number of ether oxygens (including phenoxy) is 1. The highest BCUT2D eigenvalue weighted by atomic mass is 32.2. The van der Waals surface area contributed by atoms with Crippen LogP contribution in [0.5, 0.6) is 0 Å². The van der Waals surface area contributed by atoms with Crippen LogP contribution >= 0.6 is 0 Å². The molecule has 1 unspecified atom stereocenters. The number of hydrogen-bond donors (Lipinski definition) is 0. The van der Waals surface area contributed by atoms with Crippen molar-refractivity contribution in [1.82, 2.24) is 9.80 Å². The fourth-order valence-corrected chi connectivity index (χ4v) is 5.34. The van der Waals surface area contributed by atoms with Gasteiger partial charge < -0.3 is 9.64 Å². The van der Waals surface area contributed by atoms with Crippen molar-refractivity contribution in [3.8, 4) is 0 Å². The predicted octanol–water partition coefficient (Wildman–Crippen LogP) is -0.256. The molecule has 0 aromatic rings. The van der Waals surface area contributed by atoms with Crippen LogP contribution in [0.4, 0.5) is 0 Å². The fraction of sp³-hybridized carbons (Fsp3) is 0.929. The highest BCUT2D eigenvalue weighted by molar-refractivity contribution is 7.91. The largest absolute Gasteiger partial charge is 0.381 e. The Kier molecular flexibility index (Phi) is 4.51. The van der Waals surface area contributed by atoms with E-state index in [1.165, 1.54) is 0 Å². The van der Waals surface area contributed by atoms with Gasteiger partial charge in [-0.25, -0.2) is 8.42 Å². The maximum Gasteiger partial charge on any atom is 0.225 e. The molecule has 3 saturated heterocycles. The van der Waals surface area contributed by atoms with Crippen LogP contribution in [-0.4, -0.2) is 81.1 Å². The topological polar surface area (TPSA) is 66.9 Å². The van der Waals surface area contributed by atoms with Crippen LogP contribution in [0.1, 0.15) is 19.3 Å². The van der Waals surface area contributed by atoms with E-state index in [2.05, 4.69) is 4.90 Å². The van der Waals surface area contributed by atoms with Crippen molar-refractivity contribution in [3.63, 3.8) is 0 Å². The number of carbonyl (C=O) groups excluding carboxylic acids is 1. The standard InChI is InChI=1S/C14H24N2O4S/c17-14(12-1-8-20-9-2-12)16-6-4-15(5-7-16)13-3-10-21(18,19)11-13/h12-13H,1-11H2. The van der Waals surface area contributed by atoms with E-state index in [0.717, 1.165) is 45.4 Å². The minimum absolute atomic E-state index is 0.122. The van der Waals surface area contributed by atoms with Gasteiger partial charge in [-0.15, -0.1) is 0 Å². The molecule has 120 valence electrons. The average Bonchev–Trinajstić information content (AvgIpc) is 2.88. The first-order valence-corrected chi connectivity index (χ1v) is 9.68. The molecule has 0 N–H and O–H groups in total. The molecule has 0 bridgehead atoms. The van der Waals surface area contributed by atoms with E-state index in [4.69, 9.17) is 4.74 Å². The van der Waals surface area contributed by atoms with Crippen molar-refractivity contribution in [2.45, 2.75) is 25.3 Å². The van der Waals surface area contributed by atoms with Gasteiger partial charge in [0, 0.05) is 51.4 Å². The first-order chi connectivity index (χ1) is 10.1. The number of rotatable bonds is 2. The number of carbonyl (C=O) groups is 1. The molecule has 0 spiro atoms. The van der Waals surface area contributed by atoms with Crippen molar-refractivity contribution in [3.05, 3.63) is 0 Å². The third kappa shape index (κ3) is 3.57. The first kappa shape index (κ1) is 15.2. The van der Waals surface area contributed by atoms with E-state index in [-0.39, 0.29) is 17.9 Å². The van der Waals surface area contributed by atoms with E-state index >= 15 is 0 Å². The molecule has 6 nitrogen and oxygen atoms in total. The normalized spacial score (nSPS) is 31.4. The molecule has 0 aliphatic carbocycles. The average molecular weight is 316 g/mol. The van der Waals surface area contributed by atoms with E-state index in [0.29, 0.717) is 24.7 Å². The van der Waals surface area contributed by atoms with E-state index in [9.17, 15) is 13.2 Å². The monoisotopic (exact) mass is 316 g/mol. The minimum atomic E-state index is -2.83. The van der Waals surface area contributed by atoms with Gasteiger partial charge in [0.25, 0.3) is 0 Å². The molecule has 7 heteroatoms. The summed E-state index contributed by atoms with van der Waals surface area (Å²) in [4.78, 5) is 16.6. The Morgan fingerprint density at radius 1 is 1.00 bits per heavy atom. The van der Waals surface area contributed by atoms with Crippen LogP contribution in [0.15, 0.2) is 0 Å². The Morgan fingerprint density at radius 3 is 2.24 bits per heavy atom. The summed E-state index contributed by atoms with van der Waals surface area (Å²) in [5, 5.41) is 0. The van der Waals surface area contributed by atoms with Crippen molar-refractivity contribution in [2.75, 3.05) is 50.9 Å². The second kappa shape index (κ2) is 6.22. The van der Waals surface area contributed by atoms with Gasteiger partial charge in [-0.3, -0.25) is 9.69 Å². The van der Waals surface area contributed by atoms with Crippen LogP contribution in [0.3, 0.4) is 0 Å². The molecule has 0 aromatic heterocycles. The molecule has 0 aromatic carbocycles. The van der Waals surface area contributed by atoms with Crippen LogP contribution < -0.4 is 0 Å². The summed E-state index contributed by atoms with van der Waals surface area (Å²) in [7, 11) is -2.83. The zero-order valence-electron chi connectivity index (χ0n) is 12.4. The van der Waals surface area contributed by atoms with Gasteiger partial charge in [0.2, 0.25) is 5.91 Å². The molecule has 3 aliphatic rings. The molecule has 21 heavy (non-hydrogen) atoms. The van der Waals surface area contributed by atoms with Crippen LogP contribution in [0, 0.1) is 5.92 Å². The maximum absolute atomic E-state index is 12.4. The lowest BCUT2D eigenvalue weighted by molar-refractivity contribution is -0.140. The number of nitrogens with zero attached hydrogens (tertiary/aromatic N) is 2. The van der Waals surface area contributed by atoms with Gasteiger partial charge in [0.15, 0.2) is 9.84 Å². The Hall–Kier alpha value is -0.660. The number of sulfone groups is 1. The Labute approximate surface area is 126 Å². The lowest BCUT2D eigenvalue weighted by Crippen LogP contribution is -2.53. The number of piperazine rings is 1. The van der Waals surface area contributed by atoms with Crippen molar-refractivity contribution in [2.24, 2.45) is 5.92 Å². The Morgan fingerprint density at radius 2 is 1.67 bits per heavy atom. The van der Waals surface area contributed by atoms with E-state index < -0.39 is 9.84 Å².